The standard InChI is InChI=1S/C24H22N2O6S/c1-16-5-2-3-7-19(16)29-11-12-30-24(28)18-6-4-10-25-23(18)33-14-22(27)26-17-8-9-20-21(13-17)32-15-31-20/h2-10,13H,11-12,14-15H2,1H3,(H,26,27). The van der Waals surface area contributed by atoms with Crippen LogP contribution in [0.1, 0.15) is 15.9 Å². The second kappa shape index (κ2) is 10.7. The van der Waals surface area contributed by atoms with E-state index < -0.39 is 5.97 Å². The van der Waals surface area contributed by atoms with Gasteiger partial charge in [0.05, 0.1) is 11.3 Å². The molecule has 1 amide bonds. The molecule has 0 saturated heterocycles. The number of thioether (sulfide) groups is 1. The molecule has 0 unspecified atom stereocenters. The van der Waals surface area contributed by atoms with E-state index in [1.807, 2.05) is 31.2 Å². The van der Waals surface area contributed by atoms with Crippen LogP contribution >= 0.6 is 11.8 Å². The number of ether oxygens (including phenoxy) is 4. The van der Waals surface area contributed by atoms with Crippen molar-refractivity contribution >= 4 is 29.3 Å². The average Bonchev–Trinajstić information content (AvgIpc) is 3.29. The van der Waals surface area contributed by atoms with Crippen molar-refractivity contribution in [3.63, 3.8) is 0 Å². The van der Waals surface area contributed by atoms with Crippen molar-refractivity contribution in [3.05, 3.63) is 71.9 Å². The Morgan fingerprint density at radius 3 is 2.79 bits per heavy atom. The molecule has 8 nitrogen and oxygen atoms in total. The van der Waals surface area contributed by atoms with E-state index in [1.54, 1.807) is 36.5 Å². The van der Waals surface area contributed by atoms with Crippen LogP contribution in [0.4, 0.5) is 5.69 Å². The van der Waals surface area contributed by atoms with E-state index in [0.717, 1.165) is 23.1 Å². The van der Waals surface area contributed by atoms with Crippen molar-refractivity contribution in [2.24, 2.45) is 0 Å². The lowest BCUT2D eigenvalue weighted by Gasteiger charge is -2.11. The fourth-order valence-electron chi connectivity index (χ4n) is 3.05. The molecule has 0 spiro atoms. The molecule has 0 bridgehead atoms. The van der Waals surface area contributed by atoms with Gasteiger partial charge in [0.1, 0.15) is 24.0 Å². The molecule has 1 aliphatic rings. The fourth-order valence-corrected chi connectivity index (χ4v) is 3.83. The predicted octanol–water partition coefficient (Wildman–Crippen LogP) is 4.09. The Balaban J connectivity index is 1.27. The van der Waals surface area contributed by atoms with Gasteiger partial charge in [-0.3, -0.25) is 4.79 Å². The van der Waals surface area contributed by atoms with Gasteiger partial charge >= 0.3 is 5.97 Å². The van der Waals surface area contributed by atoms with Crippen LogP contribution in [0.5, 0.6) is 17.2 Å². The molecule has 9 heteroatoms. The molecule has 33 heavy (non-hydrogen) atoms. The second-order valence-electron chi connectivity index (χ2n) is 7.01. The maximum absolute atomic E-state index is 12.5. The minimum Gasteiger partial charge on any atom is -0.490 e. The van der Waals surface area contributed by atoms with Crippen LogP contribution in [-0.2, 0) is 9.53 Å². The molecule has 0 atom stereocenters. The van der Waals surface area contributed by atoms with Gasteiger partial charge in [0.2, 0.25) is 12.7 Å². The molecule has 0 radical (unpaired) electrons. The molecule has 3 aromatic rings. The van der Waals surface area contributed by atoms with Crippen LogP contribution in [0.25, 0.3) is 0 Å². The van der Waals surface area contributed by atoms with Gasteiger partial charge in [0.15, 0.2) is 11.5 Å². The summed E-state index contributed by atoms with van der Waals surface area (Å²) in [7, 11) is 0. The van der Waals surface area contributed by atoms with E-state index in [2.05, 4.69) is 10.3 Å². The molecule has 0 aliphatic carbocycles. The molecule has 1 N–H and O–H groups in total. The highest BCUT2D eigenvalue weighted by Gasteiger charge is 2.17. The number of hydrogen-bond donors (Lipinski definition) is 1. The lowest BCUT2D eigenvalue weighted by molar-refractivity contribution is -0.113. The lowest BCUT2D eigenvalue weighted by atomic mass is 10.2. The van der Waals surface area contributed by atoms with E-state index >= 15 is 0 Å². The number of amides is 1. The number of carbonyl (C=O) groups is 2. The normalized spacial score (nSPS) is 11.7. The second-order valence-corrected chi connectivity index (χ2v) is 7.97. The minimum absolute atomic E-state index is 0.0716. The number of fused-ring (bicyclic) bond motifs is 1. The van der Waals surface area contributed by atoms with Crippen LogP contribution in [0.2, 0.25) is 0 Å². The van der Waals surface area contributed by atoms with E-state index in [1.165, 1.54) is 0 Å². The molecular weight excluding hydrogens is 444 g/mol. The predicted molar refractivity (Wildman–Crippen MR) is 123 cm³/mol. The molecule has 4 rings (SSSR count). The molecule has 0 fully saturated rings. The molecule has 1 aliphatic heterocycles. The first-order valence-corrected chi connectivity index (χ1v) is 11.2. The molecule has 2 aromatic carbocycles. The molecule has 1 aromatic heterocycles. The maximum atomic E-state index is 12.5. The highest BCUT2D eigenvalue weighted by Crippen LogP contribution is 2.34. The Labute approximate surface area is 195 Å². The van der Waals surface area contributed by atoms with Gasteiger partial charge in [-0.25, -0.2) is 9.78 Å². The summed E-state index contributed by atoms with van der Waals surface area (Å²) in [6, 6.07) is 16.1. The summed E-state index contributed by atoms with van der Waals surface area (Å²) in [6.07, 6.45) is 1.57. The summed E-state index contributed by atoms with van der Waals surface area (Å²) >= 11 is 1.16. The zero-order valence-electron chi connectivity index (χ0n) is 17.9. The Morgan fingerprint density at radius 1 is 1.06 bits per heavy atom. The summed E-state index contributed by atoms with van der Waals surface area (Å²) in [6.45, 7) is 2.44. The van der Waals surface area contributed by atoms with Crippen LogP contribution in [0.3, 0.4) is 0 Å². The number of aromatic nitrogens is 1. The molecule has 0 saturated carbocycles. The number of esters is 1. The first-order valence-electron chi connectivity index (χ1n) is 10.2. The number of hydrogen-bond acceptors (Lipinski definition) is 8. The number of nitrogens with zero attached hydrogens (tertiary/aromatic N) is 1. The Bertz CT molecular complexity index is 1150. The van der Waals surface area contributed by atoms with Gasteiger partial charge in [-0.15, -0.1) is 0 Å². The van der Waals surface area contributed by atoms with Crippen molar-refractivity contribution in [1.29, 1.82) is 0 Å². The number of aryl methyl sites for hydroxylation is 1. The smallest absolute Gasteiger partial charge is 0.341 e. The highest BCUT2D eigenvalue weighted by molar-refractivity contribution is 8.00. The third-order valence-electron chi connectivity index (χ3n) is 4.66. The maximum Gasteiger partial charge on any atom is 0.341 e. The summed E-state index contributed by atoms with van der Waals surface area (Å²) < 4.78 is 21.6. The third-order valence-corrected chi connectivity index (χ3v) is 5.66. The topological polar surface area (TPSA) is 96.0 Å². The van der Waals surface area contributed by atoms with Crippen molar-refractivity contribution in [2.45, 2.75) is 11.9 Å². The van der Waals surface area contributed by atoms with Crippen molar-refractivity contribution < 1.29 is 28.5 Å². The van der Waals surface area contributed by atoms with Gasteiger partial charge in [-0.05, 0) is 42.8 Å². The van der Waals surface area contributed by atoms with Crippen molar-refractivity contribution in [2.75, 3.05) is 31.1 Å². The molecule has 170 valence electrons. The Morgan fingerprint density at radius 2 is 1.91 bits per heavy atom. The zero-order valence-corrected chi connectivity index (χ0v) is 18.7. The number of carbonyl (C=O) groups excluding carboxylic acids is 2. The van der Waals surface area contributed by atoms with Gasteiger partial charge in [-0.1, -0.05) is 30.0 Å². The summed E-state index contributed by atoms with van der Waals surface area (Å²) in [5.74, 6) is 1.29. The number of anilines is 1. The van der Waals surface area contributed by atoms with Gasteiger partial charge < -0.3 is 24.3 Å². The van der Waals surface area contributed by atoms with Crippen LogP contribution in [0.15, 0.2) is 65.8 Å². The van der Waals surface area contributed by atoms with E-state index in [4.69, 9.17) is 18.9 Å². The summed E-state index contributed by atoms with van der Waals surface area (Å²) in [5, 5.41) is 3.22. The monoisotopic (exact) mass is 466 g/mol. The van der Waals surface area contributed by atoms with Crippen LogP contribution in [-0.4, -0.2) is 42.6 Å². The van der Waals surface area contributed by atoms with Crippen LogP contribution in [0, 0.1) is 6.92 Å². The summed E-state index contributed by atoms with van der Waals surface area (Å²) in [5.41, 5.74) is 1.90. The largest absolute Gasteiger partial charge is 0.490 e. The molecular formula is C24H22N2O6S. The number of rotatable bonds is 9. The number of pyridine rings is 1. The zero-order chi connectivity index (χ0) is 23.0. The Hall–Kier alpha value is -3.72. The minimum atomic E-state index is -0.518. The molecule has 2 heterocycles. The number of benzene rings is 2. The number of para-hydroxylation sites is 1. The lowest BCUT2D eigenvalue weighted by Crippen LogP contribution is -2.16. The van der Waals surface area contributed by atoms with E-state index in [-0.39, 0.29) is 31.7 Å². The Kier molecular flexibility index (Phi) is 7.31. The number of nitrogens with one attached hydrogen (secondary N) is 1. The van der Waals surface area contributed by atoms with Crippen molar-refractivity contribution in [3.8, 4) is 17.2 Å². The van der Waals surface area contributed by atoms with Crippen LogP contribution < -0.4 is 19.5 Å². The first kappa shape index (κ1) is 22.5. The fraction of sp³-hybridized carbons (Fsp3) is 0.208. The summed E-state index contributed by atoms with van der Waals surface area (Å²) in [4.78, 5) is 29.1. The van der Waals surface area contributed by atoms with Gasteiger partial charge in [0, 0.05) is 18.0 Å². The van der Waals surface area contributed by atoms with E-state index in [9.17, 15) is 9.59 Å². The third kappa shape index (κ3) is 5.95. The van der Waals surface area contributed by atoms with Crippen molar-refractivity contribution in [1.82, 2.24) is 4.98 Å². The van der Waals surface area contributed by atoms with Gasteiger partial charge in [-0.2, -0.15) is 0 Å². The van der Waals surface area contributed by atoms with Gasteiger partial charge in [0.25, 0.3) is 0 Å². The average molecular weight is 467 g/mol. The first-order chi connectivity index (χ1) is 16.1. The van der Waals surface area contributed by atoms with E-state index in [0.29, 0.717) is 27.8 Å². The highest BCUT2D eigenvalue weighted by atomic mass is 32.2. The quantitative estimate of drug-likeness (QED) is 0.286. The SMILES string of the molecule is Cc1ccccc1OCCOC(=O)c1cccnc1SCC(=O)Nc1ccc2c(c1)OCO2.